The Balaban J connectivity index is 2.56. The highest BCUT2D eigenvalue weighted by Gasteiger charge is 2.41. The Morgan fingerprint density at radius 3 is 2.75 bits per heavy atom. The lowest BCUT2D eigenvalue weighted by Crippen LogP contribution is -2.26. The van der Waals surface area contributed by atoms with Crippen molar-refractivity contribution in [3.05, 3.63) is 23.8 Å². The van der Waals surface area contributed by atoms with Crippen molar-refractivity contribution in [3.8, 4) is 5.75 Å². The molecule has 16 heavy (non-hydrogen) atoms. The molecule has 0 amide bonds. The zero-order valence-electron chi connectivity index (χ0n) is 8.50. The van der Waals surface area contributed by atoms with Crippen LogP contribution < -0.4 is 4.74 Å². The van der Waals surface area contributed by atoms with Crippen LogP contribution in [0.5, 0.6) is 5.75 Å². The van der Waals surface area contributed by atoms with Gasteiger partial charge in [0.2, 0.25) is 0 Å². The van der Waals surface area contributed by atoms with E-state index in [9.17, 15) is 13.2 Å². The summed E-state index contributed by atoms with van der Waals surface area (Å²) in [5, 5.41) is 7.47. The molecule has 0 aromatic heterocycles. The molecule has 0 spiro atoms. The van der Waals surface area contributed by atoms with Gasteiger partial charge in [0, 0.05) is 6.42 Å². The molecule has 1 aliphatic rings. The number of carboxylic acids is 1. The molecule has 0 radical (unpaired) electrons. The monoisotopic (exact) mass is 242 g/mol. The zero-order chi connectivity index (χ0) is 11.9. The van der Waals surface area contributed by atoms with Crippen LogP contribution in [0.25, 0.3) is 0 Å². The molecular weight excluding hydrogens is 232 g/mol. The van der Waals surface area contributed by atoms with Crippen LogP contribution in [0.1, 0.15) is 5.56 Å². The lowest BCUT2D eigenvalue weighted by atomic mass is 10.1. The minimum atomic E-state index is -3.73. The van der Waals surface area contributed by atoms with E-state index in [0.717, 1.165) is 0 Å². The summed E-state index contributed by atoms with van der Waals surface area (Å²) in [6, 6.07) is 4.48. The number of methoxy groups -OCH3 is 1. The first-order chi connectivity index (χ1) is 7.46. The SMILES string of the molecule is COc1ccc2c(c1)CC(C(=O)O)S2(=O)=O. The number of fused-ring (bicyclic) bond motifs is 1. The summed E-state index contributed by atoms with van der Waals surface area (Å²) in [6.07, 6.45) is 0.00417. The smallest absolute Gasteiger partial charge is 0.322 e. The number of carbonyl (C=O) groups is 1. The van der Waals surface area contributed by atoms with Gasteiger partial charge in [0.05, 0.1) is 12.0 Å². The topological polar surface area (TPSA) is 80.7 Å². The molecule has 1 unspecified atom stereocenters. The quantitative estimate of drug-likeness (QED) is 0.815. The first-order valence-corrected chi connectivity index (χ1v) is 6.15. The van der Waals surface area contributed by atoms with E-state index < -0.39 is 21.1 Å². The fraction of sp³-hybridized carbons (Fsp3) is 0.300. The van der Waals surface area contributed by atoms with Gasteiger partial charge in [-0.25, -0.2) is 8.42 Å². The molecule has 2 rings (SSSR count). The van der Waals surface area contributed by atoms with Gasteiger partial charge in [-0.1, -0.05) is 0 Å². The van der Waals surface area contributed by atoms with Crippen molar-refractivity contribution in [2.75, 3.05) is 7.11 Å². The van der Waals surface area contributed by atoms with Crippen molar-refractivity contribution in [2.45, 2.75) is 16.6 Å². The van der Waals surface area contributed by atoms with Crippen LogP contribution >= 0.6 is 0 Å². The highest BCUT2D eigenvalue weighted by molar-refractivity contribution is 7.93. The van der Waals surface area contributed by atoms with Crippen molar-refractivity contribution < 1.29 is 23.1 Å². The molecule has 1 aromatic carbocycles. The minimum absolute atomic E-state index is 0.00417. The largest absolute Gasteiger partial charge is 0.497 e. The fourth-order valence-corrected chi connectivity index (χ4v) is 3.54. The molecule has 0 bridgehead atoms. The number of ether oxygens (including phenoxy) is 1. The van der Waals surface area contributed by atoms with E-state index in [1.165, 1.54) is 19.2 Å². The predicted molar refractivity (Wildman–Crippen MR) is 55.3 cm³/mol. The van der Waals surface area contributed by atoms with E-state index in [0.29, 0.717) is 11.3 Å². The maximum absolute atomic E-state index is 11.8. The Morgan fingerprint density at radius 2 is 2.19 bits per heavy atom. The summed E-state index contributed by atoms with van der Waals surface area (Å²) in [5.41, 5.74) is 0.506. The summed E-state index contributed by atoms with van der Waals surface area (Å²) < 4.78 is 28.6. The Kier molecular flexibility index (Phi) is 2.38. The van der Waals surface area contributed by atoms with Crippen molar-refractivity contribution in [2.24, 2.45) is 0 Å². The molecule has 1 aromatic rings. The van der Waals surface area contributed by atoms with E-state index in [4.69, 9.17) is 9.84 Å². The van der Waals surface area contributed by atoms with Crippen LogP contribution in [-0.2, 0) is 21.1 Å². The molecular formula is C10H10O5S. The van der Waals surface area contributed by atoms with Gasteiger partial charge in [0.15, 0.2) is 15.1 Å². The van der Waals surface area contributed by atoms with Crippen molar-refractivity contribution in [3.63, 3.8) is 0 Å². The summed E-state index contributed by atoms with van der Waals surface area (Å²) in [7, 11) is -2.25. The van der Waals surface area contributed by atoms with E-state index in [2.05, 4.69) is 0 Å². The minimum Gasteiger partial charge on any atom is -0.497 e. The van der Waals surface area contributed by atoms with Crippen LogP contribution in [0, 0.1) is 0 Å². The number of hydrogen-bond donors (Lipinski definition) is 1. The lowest BCUT2D eigenvalue weighted by molar-refractivity contribution is -0.136. The predicted octanol–water partition coefficient (Wildman–Crippen LogP) is 0.478. The number of sulfone groups is 1. The van der Waals surface area contributed by atoms with Crippen LogP contribution in [0.2, 0.25) is 0 Å². The van der Waals surface area contributed by atoms with Crippen LogP contribution in [0.3, 0.4) is 0 Å². The normalized spacial score (nSPS) is 21.4. The second kappa shape index (κ2) is 3.48. The molecule has 1 heterocycles. The molecule has 5 nitrogen and oxygen atoms in total. The molecule has 0 saturated carbocycles. The summed E-state index contributed by atoms with van der Waals surface area (Å²) in [6.45, 7) is 0. The average molecular weight is 242 g/mol. The highest BCUT2D eigenvalue weighted by Crippen LogP contribution is 2.33. The molecule has 1 N–H and O–H groups in total. The third-order valence-electron chi connectivity index (χ3n) is 2.63. The summed E-state index contributed by atoms with van der Waals surface area (Å²) in [4.78, 5) is 10.9. The van der Waals surface area contributed by atoms with Gasteiger partial charge in [-0.15, -0.1) is 0 Å². The van der Waals surface area contributed by atoms with E-state index in [1.807, 2.05) is 0 Å². The molecule has 1 atom stereocenters. The van der Waals surface area contributed by atoms with Gasteiger partial charge in [-0.05, 0) is 23.8 Å². The Morgan fingerprint density at radius 1 is 1.50 bits per heavy atom. The highest BCUT2D eigenvalue weighted by atomic mass is 32.2. The third-order valence-corrected chi connectivity index (χ3v) is 4.76. The molecule has 0 fully saturated rings. The van der Waals surface area contributed by atoms with Gasteiger partial charge in [-0.2, -0.15) is 0 Å². The van der Waals surface area contributed by atoms with Gasteiger partial charge >= 0.3 is 5.97 Å². The van der Waals surface area contributed by atoms with E-state index in [1.54, 1.807) is 6.07 Å². The second-order valence-corrected chi connectivity index (χ2v) is 5.65. The van der Waals surface area contributed by atoms with Gasteiger partial charge in [-0.3, -0.25) is 4.79 Å². The number of benzene rings is 1. The van der Waals surface area contributed by atoms with Crippen LogP contribution in [-0.4, -0.2) is 31.9 Å². The number of rotatable bonds is 2. The van der Waals surface area contributed by atoms with Gasteiger partial charge < -0.3 is 9.84 Å². The molecule has 0 saturated heterocycles. The zero-order valence-corrected chi connectivity index (χ0v) is 9.32. The van der Waals surface area contributed by atoms with E-state index >= 15 is 0 Å². The number of carboxylic acid groups (broad SMARTS) is 1. The maximum Gasteiger partial charge on any atom is 0.322 e. The first kappa shape index (κ1) is 10.9. The molecule has 6 heteroatoms. The maximum atomic E-state index is 11.8. The third kappa shape index (κ3) is 1.46. The Hall–Kier alpha value is -1.56. The van der Waals surface area contributed by atoms with Crippen molar-refractivity contribution in [1.82, 2.24) is 0 Å². The second-order valence-electron chi connectivity index (χ2n) is 3.55. The average Bonchev–Trinajstić information content (AvgIpc) is 2.50. The van der Waals surface area contributed by atoms with Crippen molar-refractivity contribution >= 4 is 15.8 Å². The number of aliphatic carboxylic acids is 1. The molecule has 86 valence electrons. The summed E-state index contributed by atoms with van der Waals surface area (Å²) in [5.74, 6) is -0.782. The Labute approximate surface area is 92.6 Å². The van der Waals surface area contributed by atoms with Crippen molar-refractivity contribution in [1.29, 1.82) is 0 Å². The summed E-state index contributed by atoms with van der Waals surface area (Å²) >= 11 is 0. The van der Waals surface area contributed by atoms with Gasteiger partial charge in [0.1, 0.15) is 5.75 Å². The molecule has 0 aliphatic carbocycles. The lowest BCUT2D eigenvalue weighted by Gasteiger charge is -2.02. The number of hydrogen-bond acceptors (Lipinski definition) is 4. The van der Waals surface area contributed by atoms with Crippen LogP contribution in [0.15, 0.2) is 23.1 Å². The van der Waals surface area contributed by atoms with Gasteiger partial charge in [0.25, 0.3) is 0 Å². The van der Waals surface area contributed by atoms with E-state index in [-0.39, 0.29) is 11.3 Å². The fourth-order valence-electron chi connectivity index (χ4n) is 1.80. The Bertz CT molecular complexity index is 546. The molecule has 1 aliphatic heterocycles. The standard InChI is InChI=1S/C10H10O5S/c1-15-7-2-3-8-6(4-7)5-9(10(11)12)16(8,13)14/h2-4,9H,5H2,1H3,(H,11,12). The van der Waals surface area contributed by atoms with Crippen LogP contribution in [0.4, 0.5) is 0 Å². The first-order valence-electron chi connectivity index (χ1n) is 4.60.